The lowest BCUT2D eigenvalue weighted by atomic mass is 9.97. The molecule has 0 spiro atoms. The lowest BCUT2D eigenvalue weighted by molar-refractivity contribution is -0.120. The van der Waals surface area contributed by atoms with Crippen molar-refractivity contribution < 1.29 is 4.79 Å². The molecule has 1 amide bonds. The van der Waals surface area contributed by atoms with E-state index in [4.69, 9.17) is 5.73 Å². The van der Waals surface area contributed by atoms with E-state index < -0.39 is 0 Å². The third-order valence-electron chi connectivity index (χ3n) is 3.36. The van der Waals surface area contributed by atoms with Crippen molar-refractivity contribution in [1.29, 1.82) is 0 Å². The molecule has 18 heavy (non-hydrogen) atoms. The van der Waals surface area contributed by atoms with Crippen LogP contribution in [0, 0.1) is 0 Å². The smallest absolute Gasteiger partial charge is 0.234 e. The van der Waals surface area contributed by atoms with Gasteiger partial charge in [-0.25, -0.2) is 0 Å². The van der Waals surface area contributed by atoms with Crippen LogP contribution in [0.2, 0.25) is 0 Å². The van der Waals surface area contributed by atoms with Crippen LogP contribution in [0.4, 0.5) is 0 Å². The summed E-state index contributed by atoms with van der Waals surface area (Å²) < 4.78 is 0. The number of benzene rings is 1. The first-order valence-electron chi connectivity index (χ1n) is 6.55. The Balaban J connectivity index is 2.56. The Kier molecular flexibility index (Phi) is 5.35. The molecule has 1 aromatic carbocycles. The van der Waals surface area contributed by atoms with Crippen molar-refractivity contribution in [3.63, 3.8) is 0 Å². The number of hydrogen-bond acceptors (Lipinski definition) is 2. The highest BCUT2D eigenvalue weighted by Crippen LogP contribution is 2.12. The highest BCUT2D eigenvalue weighted by molar-refractivity contribution is 5.79. The van der Waals surface area contributed by atoms with Crippen LogP contribution in [0.1, 0.15) is 39.2 Å². The van der Waals surface area contributed by atoms with Crippen LogP contribution < -0.4 is 11.1 Å². The van der Waals surface area contributed by atoms with Gasteiger partial charge >= 0.3 is 0 Å². The summed E-state index contributed by atoms with van der Waals surface area (Å²) in [6, 6.07) is 9.90. The van der Waals surface area contributed by atoms with Gasteiger partial charge in [0.15, 0.2) is 0 Å². The lowest BCUT2D eigenvalue weighted by Gasteiger charge is -2.29. The number of rotatable bonds is 7. The van der Waals surface area contributed by atoms with Gasteiger partial charge in [0, 0.05) is 5.54 Å². The van der Waals surface area contributed by atoms with E-state index in [1.165, 1.54) is 5.56 Å². The molecule has 0 saturated heterocycles. The largest absolute Gasteiger partial charge is 0.368 e. The van der Waals surface area contributed by atoms with Crippen molar-refractivity contribution >= 4 is 5.91 Å². The summed E-state index contributed by atoms with van der Waals surface area (Å²) in [5.74, 6) is -0.271. The molecular weight excluding hydrogens is 224 g/mol. The number of carbonyl (C=O) groups is 1. The van der Waals surface area contributed by atoms with Gasteiger partial charge in [-0.05, 0) is 38.7 Å². The van der Waals surface area contributed by atoms with E-state index in [1.54, 1.807) is 0 Å². The Bertz CT molecular complexity index is 373. The predicted molar refractivity (Wildman–Crippen MR) is 75.3 cm³/mol. The molecule has 0 heterocycles. The number of nitrogens with two attached hydrogens (primary N) is 1. The maximum Gasteiger partial charge on any atom is 0.234 e. The van der Waals surface area contributed by atoms with Crippen molar-refractivity contribution in [2.75, 3.05) is 0 Å². The topological polar surface area (TPSA) is 55.1 Å². The molecule has 0 aromatic heterocycles. The zero-order valence-electron chi connectivity index (χ0n) is 11.6. The maximum atomic E-state index is 11.5. The first-order chi connectivity index (χ1) is 8.44. The molecule has 1 atom stereocenters. The van der Waals surface area contributed by atoms with Crippen LogP contribution in [0.25, 0.3) is 0 Å². The van der Waals surface area contributed by atoms with E-state index in [9.17, 15) is 4.79 Å². The Hall–Kier alpha value is -1.35. The minimum Gasteiger partial charge on any atom is -0.368 e. The summed E-state index contributed by atoms with van der Waals surface area (Å²) >= 11 is 0. The van der Waals surface area contributed by atoms with Crippen molar-refractivity contribution in [3.8, 4) is 0 Å². The summed E-state index contributed by atoms with van der Waals surface area (Å²) in [4.78, 5) is 11.5. The van der Waals surface area contributed by atoms with Gasteiger partial charge in [0.05, 0.1) is 6.04 Å². The van der Waals surface area contributed by atoms with Gasteiger partial charge in [0.2, 0.25) is 5.91 Å². The average molecular weight is 248 g/mol. The Morgan fingerprint density at radius 3 is 2.44 bits per heavy atom. The summed E-state index contributed by atoms with van der Waals surface area (Å²) in [5.41, 5.74) is 6.64. The number of amides is 1. The Labute approximate surface area is 110 Å². The summed E-state index contributed by atoms with van der Waals surface area (Å²) in [6.45, 7) is 6.28. The van der Waals surface area contributed by atoms with Gasteiger partial charge in [0.25, 0.3) is 0 Å². The molecule has 1 rings (SSSR count). The normalized spacial score (nSPS) is 13.3. The molecule has 3 nitrogen and oxygen atoms in total. The number of hydrogen-bond donors (Lipinski definition) is 2. The molecular formula is C15H24N2O. The molecule has 0 bridgehead atoms. The quantitative estimate of drug-likeness (QED) is 0.777. The second kappa shape index (κ2) is 6.55. The third kappa shape index (κ3) is 4.88. The molecule has 3 N–H and O–H groups in total. The van der Waals surface area contributed by atoms with Gasteiger partial charge in [0.1, 0.15) is 0 Å². The van der Waals surface area contributed by atoms with Gasteiger partial charge in [-0.15, -0.1) is 0 Å². The van der Waals surface area contributed by atoms with Crippen molar-refractivity contribution in [2.24, 2.45) is 5.73 Å². The highest BCUT2D eigenvalue weighted by Gasteiger charge is 2.23. The number of nitrogens with one attached hydrogen (secondary N) is 1. The first-order valence-corrected chi connectivity index (χ1v) is 6.55. The maximum absolute atomic E-state index is 11.5. The zero-order chi connectivity index (χ0) is 13.6. The Morgan fingerprint density at radius 1 is 1.33 bits per heavy atom. The monoisotopic (exact) mass is 248 g/mol. The summed E-state index contributed by atoms with van der Waals surface area (Å²) in [6.07, 6.45) is 2.56. The van der Waals surface area contributed by atoms with E-state index in [0.717, 1.165) is 19.3 Å². The molecule has 0 aliphatic rings. The number of primary amides is 1. The molecule has 0 saturated carbocycles. The van der Waals surface area contributed by atoms with E-state index >= 15 is 0 Å². The van der Waals surface area contributed by atoms with Gasteiger partial charge in [-0.2, -0.15) is 0 Å². The SMILES string of the molecule is CCC(C)(C)N[C@@H](CCc1ccccc1)C(N)=O. The van der Waals surface area contributed by atoms with Crippen LogP contribution in [0.15, 0.2) is 30.3 Å². The van der Waals surface area contributed by atoms with Crippen LogP contribution in [-0.4, -0.2) is 17.5 Å². The van der Waals surface area contributed by atoms with Gasteiger partial charge < -0.3 is 11.1 Å². The fourth-order valence-electron chi connectivity index (χ4n) is 1.81. The van der Waals surface area contributed by atoms with E-state index in [0.29, 0.717) is 0 Å². The van der Waals surface area contributed by atoms with E-state index in [2.05, 4.69) is 38.2 Å². The second-order valence-electron chi connectivity index (χ2n) is 5.36. The molecule has 1 aromatic rings. The second-order valence-corrected chi connectivity index (χ2v) is 5.36. The van der Waals surface area contributed by atoms with E-state index in [-0.39, 0.29) is 17.5 Å². The average Bonchev–Trinajstić information content (AvgIpc) is 2.35. The Morgan fingerprint density at radius 2 is 1.94 bits per heavy atom. The molecule has 0 unspecified atom stereocenters. The highest BCUT2D eigenvalue weighted by atomic mass is 16.1. The number of aryl methyl sites for hydroxylation is 1. The van der Waals surface area contributed by atoms with Gasteiger partial charge in [-0.1, -0.05) is 37.3 Å². The first kappa shape index (κ1) is 14.7. The summed E-state index contributed by atoms with van der Waals surface area (Å²) in [5, 5.41) is 3.34. The fraction of sp³-hybridized carbons (Fsp3) is 0.533. The van der Waals surface area contributed by atoms with Crippen molar-refractivity contribution in [1.82, 2.24) is 5.32 Å². The molecule has 0 radical (unpaired) electrons. The predicted octanol–water partition coefficient (Wildman–Crippen LogP) is 2.25. The lowest BCUT2D eigenvalue weighted by Crippen LogP contribution is -2.51. The fourth-order valence-corrected chi connectivity index (χ4v) is 1.81. The van der Waals surface area contributed by atoms with Gasteiger partial charge in [-0.3, -0.25) is 4.79 Å². The van der Waals surface area contributed by atoms with Crippen LogP contribution >= 0.6 is 0 Å². The minimum atomic E-state index is -0.271. The number of carbonyl (C=O) groups excluding carboxylic acids is 1. The molecule has 100 valence electrons. The molecule has 0 aliphatic heterocycles. The third-order valence-corrected chi connectivity index (χ3v) is 3.36. The standard InChI is InChI=1S/C15H24N2O/c1-4-15(2,3)17-13(14(16)18)11-10-12-8-6-5-7-9-12/h5-9,13,17H,4,10-11H2,1-3H3,(H2,16,18)/t13-/m0/s1. The van der Waals surface area contributed by atoms with Crippen LogP contribution in [0.5, 0.6) is 0 Å². The van der Waals surface area contributed by atoms with Crippen LogP contribution in [0.3, 0.4) is 0 Å². The zero-order valence-corrected chi connectivity index (χ0v) is 11.6. The molecule has 0 fully saturated rings. The molecule has 3 heteroatoms. The molecule has 0 aliphatic carbocycles. The van der Waals surface area contributed by atoms with Crippen molar-refractivity contribution in [3.05, 3.63) is 35.9 Å². The van der Waals surface area contributed by atoms with Crippen LogP contribution in [-0.2, 0) is 11.2 Å². The van der Waals surface area contributed by atoms with Crippen molar-refractivity contribution in [2.45, 2.75) is 51.6 Å². The minimum absolute atomic E-state index is 0.0591. The summed E-state index contributed by atoms with van der Waals surface area (Å²) in [7, 11) is 0. The van der Waals surface area contributed by atoms with E-state index in [1.807, 2.05) is 18.2 Å².